The molecule has 3 aromatic rings. The highest BCUT2D eigenvalue weighted by atomic mass is 19.4. The van der Waals surface area contributed by atoms with E-state index < -0.39 is 52.2 Å². The quantitative estimate of drug-likeness (QED) is 0.451. The zero-order valence-electron chi connectivity index (χ0n) is 20.0. The Bertz CT molecular complexity index is 1350. The van der Waals surface area contributed by atoms with Gasteiger partial charge in [0.15, 0.2) is 5.43 Å². The first-order chi connectivity index (χ1) is 17.3. The molecule has 200 valence electrons. The zero-order valence-corrected chi connectivity index (χ0v) is 20.0. The zero-order chi connectivity index (χ0) is 27.3. The van der Waals surface area contributed by atoms with Gasteiger partial charge in [0.2, 0.25) is 0 Å². The molecular formula is C25H23F6NO5. The van der Waals surface area contributed by atoms with Gasteiger partial charge in [0, 0.05) is 35.2 Å². The molecular weight excluding hydrogens is 508 g/mol. The molecule has 0 amide bonds. The molecule has 0 radical (unpaired) electrons. The maximum absolute atomic E-state index is 13.4. The van der Waals surface area contributed by atoms with Gasteiger partial charge in [-0.2, -0.15) is 26.3 Å². The summed E-state index contributed by atoms with van der Waals surface area (Å²) >= 11 is 0. The Balaban J connectivity index is 2.07. The average Bonchev–Trinajstić information content (AvgIpc) is 3.20. The van der Waals surface area contributed by atoms with Crippen LogP contribution in [0.25, 0.3) is 22.3 Å². The number of ether oxygens (including phenoxy) is 2. The first kappa shape index (κ1) is 26.8. The van der Waals surface area contributed by atoms with Gasteiger partial charge in [-0.25, -0.2) is 0 Å². The monoisotopic (exact) mass is 531 g/mol. The number of nitrogens with zero attached hydrogens (tertiary/aromatic N) is 1. The second-order valence-electron chi connectivity index (χ2n) is 8.79. The lowest BCUT2D eigenvalue weighted by Gasteiger charge is -2.25. The highest BCUT2D eigenvalue weighted by Gasteiger charge is 2.39. The number of hydrogen-bond acceptors (Lipinski definition) is 6. The van der Waals surface area contributed by atoms with Crippen molar-refractivity contribution in [3.05, 3.63) is 57.2 Å². The van der Waals surface area contributed by atoms with Crippen molar-refractivity contribution >= 4 is 11.0 Å². The van der Waals surface area contributed by atoms with Gasteiger partial charge < -0.3 is 23.9 Å². The first-order valence-corrected chi connectivity index (χ1v) is 11.1. The number of rotatable bonds is 5. The van der Waals surface area contributed by atoms with Crippen molar-refractivity contribution in [1.29, 1.82) is 0 Å². The van der Waals surface area contributed by atoms with E-state index in [1.165, 1.54) is 20.3 Å². The van der Waals surface area contributed by atoms with Gasteiger partial charge in [-0.05, 0) is 38.2 Å². The van der Waals surface area contributed by atoms with Gasteiger partial charge in [0.1, 0.15) is 28.2 Å². The number of aliphatic hydroxyl groups excluding tert-OH is 1. The summed E-state index contributed by atoms with van der Waals surface area (Å²) in [4.78, 5) is 15.1. The number of likely N-dealkylation sites (N-methyl/N-ethyl adjacent to an activating group) is 1. The number of benzene rings is 2. The van der Waals surface area contributed by atoms with Crippen LogP contribution in [-0.2, 0) is 12.4 Å². The number of halogens is 6. The summed E-state index contributed by atoms with van der Waals surface area (Å²) < 4.78 is 97.4. The summed E-state index contributed by atoms with van der Waals surface area (Å²) in [6.45, 7) is 0.337. The van der Waals surface area contributed by atoms with E-state index >= 15 is 0 Å². The smallest absolute Gasteiger partial charge is 0.416 e. The van der Waals surface area contributed by atoms with E-state index in [-0.39, 0.29) is 35.1 Å². The van der Waals surface area contributed by atoms with Crippen molar-refractivity contribution in [3.8, 4) is 22.8 Å². The Labute approximate surface area is 207 Å². The second kappa shape index (κ2) is 9.56. The largest absolute Gasteiger partial charge is 0.496 e. The van der Waals surface area contributed by atoms with Gasteiger partial charge >= 0.3 is 12.4 Å². The Morgan fingerprint density at radius 3 is 2.08 bits per heavy atom. The molecule has 37 heavy (non-hydrogen) atoms. The molecule has 1 saturated heterocycles. The topological polar surface area (TPSA) is 72.1 Å². The molecule has 1 fully saturated rings. The summed E-state index contributed by atoms with van der Waals surface area (Å²) in [6, 6.07) is 2.89. The Morgan fingerprint density at radius 1 is 0.973 bits per heavy atom. The van der Waals surface area contributed by atoms with E-state index in [0.717, 1.165) is 6.07 Å². The van der Waals surface area contributed by atoms with E-state index in [9.17, 15) is 36.2 Å². The summed E-state index contributed by atoms with van der Waals surface area (Å²) in [5.74, 6) is -0.604. The van der Waals surface area contributed by atoms with Crippen LogP contribution in [0.5, 0.6) is 11.5 Å². The van der Waals surface area contributed by atoms with Crippen molar-refractivity contribution in [3.63, 3.8) is 0 Å². The fourth-order valence-corrected chi connectivity index (χ4v) is 4.83. The lowest BCUT2D eigenvalue weighted by atomic mass is 9.89. The van der Waals surface area contributed by atoms with Crippen LogP contribution in [-0.4, -0.2) is 50.5 Å². The first-order valence-electron chi connectivity index (χ1n) is 11.1. The maximum atomic E-state index is 13.4. The normalized spacial score (nSPS) is 19.0. The molecule has 1 aliphatic rings. The van der Waals surface area contributed by atoms with Crippen molar-refractivity contribution in [2.75, 3.05) is 34.4 Å². The van der Waals surface area contributed by atoms with Crippen LogP contribution >= 0.6 is 0 Å². The Kier molecular flexibility index (Phi) is 6.93. The van der Waals surface area contributed by atoms with Crippen molar-refractivity contribution in [2.45, 2.75) is 30.7 Å². The van der Waals surface area contributed by atoms with E-state index in [1.54, 1.807) is 7.05 Å². The van der Waals surface area contributed by atoms with E-state index in [0.29, 0.717) is 30.7 Å². The van der Waals surface area contributed by atoms with E-state index in [2.05, 4.69) is 0 Å². The predicted molar refractivity (Wildman–Crippen MR) is 122 cm³/mol. The summed E-state index contributed by atoms with van der Waals surface area (Å²) in [7, 11) is 4.45. The van der Waals surface area contributed by atoms with E-state index in [4.69, 9.17) is 13.9 Å². The van der Waals surface area contributed by atoms with Crippen LogP contribution in [0.4, 0.5) is 26.3 Å². The Morgan fingerprint density at radius 2 is 1.57 bits per heavy atom. The molecule has 2 aromatic carbocycles. The van der Waals surface area contributed by atoms with Crippen molar-refractivity contribution in [2.24, 2.45) is 0 Å². The molecule has 1 aromatic heterocycles. The molecule has 1 aliphatic heterocycles. The molecule has 0 unspecified atom stereocenters. The van der Waals surface area contributed by atoms with Gasteiger partial charge in [0.25, 0.3) is 0 Å². The summed E-state index contributed by atoms with van der Waals surface area (Å²) in [6.07, 6.45) is -9.63. The van der Waals surface area contributed by atoms with Gasteiger partial charge in [0.05, 0.1) is 32.0 Å². The van der Waals surface area contributed by atoms with Gasteiger partial charge in [-0.1, -0.05) is 0 Å². The Hall–Kier alpha value is -3.25. The number of hydrogen-bond donors (Lipinski definition) is 1. The standard InChI is InChI=1S/C25H23F6NO5/c1-32-5-4-15(16(32)11-33)21-19(35-2)10-20(36-3)22-17(34)9-18(37-23(21)22)12-6-13(24(26,27)28)8-14(7-12)25(29,30)31/h6-10,15-16,33H,4-5,11H2,1-3H3/t15-,16+/m0/s1. The van der Waals surface area contributed by atoms with Gasteiger partial charge in [-0.3, -0.25) is 4.79 Å². The van der Waals surface area contributed by atoms with E-state index in [1.807, 2.05) is 4.90 Å². The van der Waals surface area contributed by atoms with Crippen LogP contribution in [0.3, 0.4) is 0 Å². The van der Waals surface area contributed by atoms with Crippen LogP contribution in [0.1, 0.15) is 29.0 Å². The minimum Gasteiger partial charge on any atom is -0.496 e. The molecule has 0 saturated carbocycles. The average molecular weight is 531 g/mol. The fourth-order valence-electron chi connectivity index (χ4n) is 4.83. The van der Waals surface area contributed by atoms with Crippen LogP contribution in [0.15, 0.2) is 39.5 Å². The number of methoxy groups -OCH3 is 2. The van der Waals surface area contributed by atoms with Crippen LogP contribution in [0.2, 0.25) is 0 Å². The lowest BCUT2D eigenvalue weighted by molar-refractivity contribution is -0.143. The van der Waals surface area contributed by atoms with Crippen molar-refractivity contribution < 1.29 is 45.3 Å². The van der Waals surface area contributed by atoms with Crippen molar-refractivity contribution in [1.82, 2.24) is 4.90 Å². The fraction of sp³-hybridized carbons (Fsp3) is 0.400. The molecule has 0 bridgehead atoms. The highest BCUT2D eigenvalue weighted by molar-refractivity contribution is 5.90. The second-order valence-corrected chi connectivity index (χ2v) is 8.79. The number of aliphatic hydroxyl groups is 1. The summed E-state index contributed by atoms with van der Waals surface area (Å²) in [5, 5.41) is 9.95. The number of fused-ring (bicyclic) bond motifs is 1. The van der Waals surface area contributed by atoms with Crippen LogP contribution in [0, 0.1) is 0 Å². The summed E-state index contributed by atoms with van der Waals surface area (Å²) in [5.41, 5.74) is -4.11. The molecule has 4 rings (SSSR count). The molecule has 12 heteroatoms. The number of likely N-dealkylation sites (tertiary alicyclic amines) is 1. The molecule has 2 atom stereocenters. The highest BCUT2D eigenvalue weighted by Crippen LogP contribution is 2.45. The molecule has 6 nitrogen and oxygen atoms in total. The minimum absolute atomic E-state index is 0.000345. The maximum Gasteiger partial charge on any atom is 0.416 e. The third-order valence-electron chi connectivity index (χ3n) is 6.66. The van der Waals surface area contributed by atoms with Gasteiger partial charge in [-0.15, -0.1) is 0 Å². The molecule has 2 heterocycles. The third kappa shape index (κ3) is 4.87. The minimum atomic E-state index is -5.08. The number of alkyl halides is 6. The lowest BCUT2D eigenvalue weighted by Crippen LogP contribution is -2.32. The molecule has 0 spiro atoms. The predicted octanol–water partition coefficient (Wildman–Crippen LogP) is 5.29. The molecule has 0 aliphatic carbocycles. The van der Waals surface area contributed by atoms with Crippen LogP contribution < -0.4 is 14.9 Å². The SMILES string of the molecule is COc1cc(OC)c2c(=O)cc(-c3cc(C(F)(F)F)cc(C(F)(F)F)c3)oc2c1[C@H]1CCN(C)[C@@H]1CO. The third-order valence-corrected chi connectivity index (χ3v) is 6.66. The molecule has 1 N–H and O–H groups in total.